The molecule has 0 aliphatic rings. The van der Waals surface area contributed by atoms with E-state index in [4.69, 9.17) is 10.8 Å². The summed E-state index contributed by atoms with van der Waals surface area (Å²) in [5.74, 6) is 0.264. The highest BCUT2D eigenvalue weighted by atomic mass is 16.3. The highest BCUT2D eigenvalue weighted by molar-refractivity contribution is 5.25. The molecule has 0 saturated heterocycles. The van der Waals surface area contributed by atoms with Crippen LogP contribution < -0.4 is 5.73 Å². The first-order chi connectivity index (χ1) is 6.65. The standard InChI is InChI=1S/C12H19NO/c1-9-3-5-11(6-4-9)12(7-8-14)10(2)13/h3-6,10,12,14H,7-8,13H2,1-2H3. The predicted octanol–water partition coefficient (Wildman–Crippen LogP) is 1.81. The average molecular weight is 193 g/mol. The molecule has 0 heterocycles. The van der Waals surface area contributed by atoms with Crippen molar-refractivity contribution in [2.75, 3.05) is 6.61 Å². The first-order valence-corrected chi connectivity index (χ1v) is 5.08. The summed E-state index contributed by atoms with van der Waals surface area (Å²) in [7, 11) is 0. The number of benzene rings is 1. The number of rotatable bonds is 4. The van der Waals surface area contributed by atoms with E-state index in [2.05, 4.69) is 31.2 Å². The Labute approximate surface area is 85.8 Å². The van der Waals surface area contributed by atoms with Crippen molar-refractivity contribution in [1.29, 1.82) is 0 Å². The Kier molecular flexibility index (Phi) is 4.11. The summed E-state index contributed by atoms with van der Waals surface area (Å²) < 4.78 is 0. The predicted molar refractivity (Wildman–Crippen MR) is 59.3 cm³/mol. The maximum Gasteiger partial charge on any atom is 0.0437 e. The third-order valence-electron chi connectivity index (χ3n) is 2.58. The first-order valence-electron chi connectivity index (χ1n) is 5.08. The highest BCUT2D eigenvalue weighted by Crippen LogP contribution is 2.22. The Morgan fingerprint density at radius 2 is 1.86 bits per heavy atom. The Bertz CT molecular complexity index is 266. The summed E-state index contributed by atoms with van der Waals surface area (Å²) in [6.07, 6.45) is 0.737. The van der Waals surface area contributed by atoms with E-state index in [-0.39, 0.29) is 18.6 Å². The van der Waals surface area contributed by atoms with Crippen molar-refractivity contribution in [3.63, 3.8) is 0 Å². The summed E-state index contributed by atoms with van der Waals surface area (Å²) in [6, 6.07) is 8.45. The van der Waals surface area contributed by atoms with Crippen LogP contribution in [0.2, 0.25) is 0 Å². The van der Waals surface area contributed by atoms with Crippen LogP contribution >= 0.6 is 0 Å². The van der Waals surface area contributed by atoms with E-state index in [1.165, 1.54) is 11.1 Å². The zero-order chi connectivity index (χ0) is 10.6. The van der Waals surface area contributed by atoms with Gasteiger partial charge < -0.3 is 10.8 Å². The van der Waals surface area contributed by atoms with E-state index >= 15 is 0 Å². The van der Waals surface area contributed by atoms with Gasteiger partial charge in [0, 0.05) is 18.6 Å². The van der Waals surface area contributed by atoms with Gasteiger partial charge >= 0.3 is 0 Å². The van der Waals surface area contributed by atoms with Crippen LogP contribution in [0.25, 0.3) is 0 Å². The van der Waals surface area contributed by atoms with E-state index in [1.54, 1.807) is 0 Å². The molecule has 14 heavy (non-hydrogen) atoms. The average Bonchev–Trinajstić information content (AvgIpc) is 2.15. The van der Waals surface area contributed by atoms with Gasteiger partial charge in [-0.2, -0.15) is 0 Å². The Hall–Kier alpha value is -0.860. The molecule has 2 heteroatoms. The van der Waals surface area contributed by atoms with Crippen molar-refractivity contribution in [3.05, 3.63) is 35.4 Å². The smallest absolute Gasteiger partial charge is 0.0437 e. The number of hydrogen-bond acceptors (Lipinski definition) is 2. The molecule has 0 aromatic heterocycles. The number of nitrogens with two attached hydrogens (primary N) is 1. The van der Waals surface area contributed by atoms with Gasteiger partial charge in [-0.1, -0.05) is 29.8 Å². The molecule has 0 bridgehead atoms. The molecular weight excluding hydrogens is 174 g/mol. The molecule has 0 radical (unpaired) electrons. The molecule has 0 fully saturated rings. The lowest BCUT2D eigenvalue weighted by atomic mass is 9.90. The summed E-state index contributed by atoms with van der Waals surface area (Å²) in [6.45, 7) is 4.25. The van der Waals surface area contributed by atoms with Gasteiger partial charge in [-0.3, -0.25) is 0 Å². The zero-order valence-corrected chi connectivity index (χ0v) is 8.90. The number of aryl methyl sites for hydroxylation is 1. The number of aliphatic hydroxyl groups is 1. The lowest BCUT2D eigenvalue weighted by Crippen LogP contribution is -2.25. The minimum Gasteiger partial charge on any atom is -0.396 e. The third-order valence-corrected chi connectivity index (χ3v) is 2.58. The quantitative estimate of drug-likeness (QED) is 0.766. The lowest BCUT2D eigenvalue weighted by molar-refractivity contribution is 0.269. The van der Waals surface area contributed by atoms with Gasteiger partial charge in [-0.25, -0.2) is 0 Å². The fourth-order valence-electron chi connectivity index (χ4n) is 1.69. The van der Waals surface area contributed by atoms with Gasteiger partial charge in [0.2, 0.25) is 0 Å². The monoisotopic (exact) mass is 193 g/mol. The minimum atomic E-state index is 0.0878. The topological polar surface area (TPSA) is 46.2 Å². The van der Waals surface area contributed by atoms with Crippen molar-refractivity contribution < 1.29 is 5.11 Å². The van der Waals surface area contributed by atoms with Crippen molar-refractivity contribution in [1.82, 2.24) is 0 Å². The lowest BCUT2D eigenvalue weighted by Gasteiger charge is -2.20. The van der Waals surface area contributed by atoms with Crippen LogP contribution in [0.15, 0.2) is 24.3 Å². The Balaban J connectivity index is 2.82. The number of aliphatic hydroxyl groups excluding tert-OH is 1. The van der Waals surface area contributed by atoms with E-state index in [0.717, 1.165) is 6.42 Å². The van der Waals surface area contributed by atoms with Crippen LogP contribution in [0.5, 0.6) is 0 Å². The van der Waals surface area contributed by atoms with Gasteiger partial charge in [0.1, 0.15) is 0 Å². The Morgan fingerprint density at radius 3 is 2.29 bits per heavy atom. The normalized spacial score (nSPS) is 15.1. The van der Waals surface area contributed by atoms with E-state index in [1.807, 2.05) is 6.92 Å². The molecular formula is C12H19NO. The summed E-state index contributed by atoms with van der Waals surface area (Å²) in [4.78, 5) is 0. The SMILES string of the molecule is Cc1ccc(C(CCO)C(C)N)cc1. The van der Waals surface area contributed by atoms with Crippen LogP contribution in [0.3, 0.4) is 0 Å². The second-order valence-electron chi connectivity index (χ2n) is 3.89. The fourth-order valence-corrected chi connectivity index (χ4v) is 1.69. The maximum absolute atomic E-state index is 8.95. The van der Waals surface area contributed by atoms with E-state index in [0.29, 0.717) is 0 Å². The second-order valence-corrected chi connectivity index (χ2v) is 3.89. The highest BCUT2D eigenvalue weighted by Gasteiger charge is 2.14. The van der Waals surface area contributed by atoms with Crippen molar-refractivity contribution in [2.24, 2.45) is 5.73 Å². The van der Waals surface area contributed by atoms with Gasteiger partial charge in [0.15, 0.2) is 0 Å². The van der Waals surface area contributed by atoms with Crippen LogP contribution in [-0.4, -0.2) is 17.8 Å². The second kappa shape index (κ2) is 5.13. The van der Waals surface area contributed by atoms with Crippen LogP contribution in [-0.2, 0) is 0 Å². The Morgan fingerprint density at radius 1 is 1.29 bits per heavy atom. The van der Waals surface area contributed by atoms with Crippen molar-refractivity contribution >= 4 is 0 Å². The van der Waals surface area contributed by atoms with Crippen LogP contribution in [0.1, 0.15) is 30.4 Å². The molecule has 0 amide bonds. The maximum atomic E-state index is 8.95. The molecule has 1 aromatic rings. The minimum absolute atomic E-state index is 0.0878. The molecule has 0 spiro atoms. The molecule has 0 aliphatic heterocycles. The van der Waals surface area contributed by atoms with Gasteiger partial charge in [0.25, 0.3) is 0 Å². The molecule has 0 aliphatic carbocycles. The molecule has 78 valence electrons. The fraction of sp³-hybridized carbons (Fsp3) is 0.500. The largest absolute Gasteiger partial charge is 0.396 e. The van der Waals surface area contributed by atoms with Gasteiger partial charge in [0.05, 0.1) is 0 Å². The molecule has 1 rings (SSSR count). The molecule has 2 unspecified atom stereocenters. The third kappa shape index (κ3) is 2.82. The molecule has 1 aromatic carbocycles. The number of hydrogen-bond donors (Lipinski definition) is 2. The van der Waals surface area contributed by atoms with Gasteiger partial charge in [-0.15, -0.1) is 0 Å². The van der Waals surface area contributed by atoms with Gasteiger partial charge in [-0.05, 0) is 25.8 Å². The van der Waals surface area contributed by atoms with Crippen molar-refractivity contribution in [2.45, 2.75) is 32.2 Å². The van der Waals surface area contributed by atoms with Crippen LogP contribution in [0.4, 0.5) is 0 Å². The molecule has 0 saturated carbocycles. The molecule has 3 N–H and O–H groups in total. The molecule has 2 atom stereocenters. The van der Waals surface area contributed by atoms with E-state index in [9.17, 15) is 0 Å². The summed E-state index contributed by atoms with van der Waals surface area (Å²) >= 11 is 0. The first kappa shape index (κ1) is 11.2. The summed E-state index contributed by atoms with van der Waals surface area (Å²) in [5.41, 5.74) is 8.35. The van der Waals surface area contributed by atoms with Crippen molar-refractivity contribution in [3.8, 4) is 0 Å². The van der Waals surface area contributed by atoms with E-state index < -0.39 is 0 Å². The zero-order valence-electron chi connectivity index (χ0n) is 8.90. The van der Waals surface area contributed by atoms with Crippen LogP contribution in [0, 0.1) is 6.92 Å². The summed E-state index contributed by atoms with van der Waals surface area (Å²) in [5, 5.41) is 8.95. The molecule has 2 nitrogen and oxygen atoms in total.